The van der Waals surface area contributed by atoms with Gasteiger partial charge in [-0.05, 0) is 49.5 Å². The summed E-state index contributed by atoms with van der Waals surface area (Å²) >= 11 is 6.55. The van der Waals surface area contributed by atoms with Crippen molar-refractivity contribution >= 4 is 11.6 Å². The normalized spacial score (nSPS) is 39.3. The summed E-state index contributed by atoms with van der Waals surface area (Å²) in [6.45, 7) is 0. The third-order valence-corrected chi connectivity index (χ3v) is 5.11. The zero-order chi connectivity index (χ0) is 10.4. The minimum absolute atomic E-state index is 0.163. The van der Waals surface area contributed by atoms with Crippen molar-refractivity contribution in [3.8, 4) is 0 Å². The number of fused-ring (bicyclic) bond motifs is 3. The Kier molecular flexibility index (Phi) is 2.10. The standard InChI is InChI=1S/C14H17Cl/c15-14-9-6-13(7-10-14,8-11-14)12-4-2-1-3-5-12/h1-5H,6-11H2. The molecule has 80 valence electrons. The van der Waals surface area contributed by atoms with Crippen LogP contribution in [0.4, 0.5) is 0 Å². The summed E-state index contributed by atoms with van der Waals surface area (Å²) in [5.74, 6) is 0. The van der Waals surface area contributed by atoms with Crippen molar-refractivity contribution in [1.29, 1.82) is 0 Å². The second-order valence-corrected chi connectivity index (χ2v) is 6.10. The molecule has 0 atom stereocenters. The van der Waals surface area contributed by atoms with Gasteiger partial charge in [-0.1, -0.05) is 30.3 Å². The topological polar surface area (TPSA) is 0 Å². The lowest BCUT2D eigenvalue weighted by Crippen LogP contribution is -2.45. The molecule has 0 spiro atoms. The van der Waals surface area contributed by atoms with E-state index in [1.165, 1.54) is 38.5 Å². The average Bonchev–Trinajstić information content (AvgIpc) is 2.32. The van der Waals surface area contributed by atoms with Gasteiger partial charge >= 0.3 is 0 Å². The lowest BCUT2D eigenvalue weighted by Gasteiger charge is -2.51. The molecule has 0 saturated heterocycles. The Morgan fingerprint density at radius 1 is 0.800 bits per heavy atom. The molecule has 0 amide bonds. The van der Waals surface area contributed by atoms with E-state index in [0.717, 1.165) is 0 Å². The number of hydrogen-bond acceptors (Lipinski definition) is 0. The van der Waals surface area contributed by atoms with Crippen LogP contribution in [0.25, 0.3) is 0 Å². The van der Waals surface area contributed by atoms with Crippen LogP contribution in [0.2, 0.25) is 0 Å². The molecule has 0 radical (unpaired) electrons. The van der Waals surface area contributed by atoms with Crippen LogP contribution in [0.3, 0.4) is 0 Å². The number of benzene rings is 1. The molecule has 0 unspecified atom stereocenters. The average molecular weight is 221 g/mol. The molecule has 2 bridgehead atoms. The third-order valence-electron chi connectivity index (χ3n) is 4.54. The highest BCUT2D eigenvalue weighted by molar-refractivity contribution is 6.24. The van der Waals surface area contributed by atoms with E-state index >= 15 is 0 Å². The highest BCUT2D eigenvalue weighted by atomic mass is 35.5. The van der Waals surface area contributed by atoms with E-state index in [1.807, 2.05) is 0 Å². The van der Waals surface area contributed by atoms with Crippen LogP contribution in [0.15, 0.2) is 30.3 Å². The highest BCUT2D eigenvalue weighted by Crippen LogP contribution is 2.55. The molecular formula is C14H17Cl. The molecule has 3 aliphatic carbocycles. The van der Waals surface area contributed by atoms with Gasteiger partial charge in [-0.25, -0.2) is 0 Å². The zero-order valence-corrected chi connectivity index (χ0v) is 9.76. The zero-order valence-electron chi connectivity index (χ0n) is 9.01. The molecule has 15 heavy (non-hydrogen) atoms. The maximum atomic E-state index is 6.55. The van der Waals surface area contributed by atoms with E-state index in [9.17, 15) is 0 Å². The molecule has 0 N–H and O–H groups in total. The van der Waals surface area contributed by atoms with Crippen molar-refractivity contribution in [2.45, 2.75) is 48.8 Å². The number of hydrogen-bond donors (Lipinski definition) is 0. The van der Waals surface area contributed by atoms with E-state index in [4.69, 9.17) is 11.6 Å². The molecule has 0 nitrogen and oxygen atoms in total. The van der Waals surface area contributed by atoms with Crippen molar-refractivity contribution in [1.82, 2.24) is 0 Å². The van der Waals surface area contributed by atoms with E-state index < -0.39 is 0 Å². The molecule has 1 aromatic rings. The van der Waals surface area contributed by atoms with Gasteiger partial charge in [0.2, 0.25) is 0 Å². The van der Waals surface area contributed by atoms with Crippen LogP contribution >= 0.6 is 11.6 Å². The number of alkyl halides is 1. The predicted octanol–water partition coefficient (Wildman–Crippen LogP) is 4.27. The molecule has 0 aromatic heterocycles. The molecule has 3 fully saturated rings. The first-order chi connectivity index (χ1) is 7.23. The van der Waals surface area contributed by atoms with E-state index in [1.54, 1.807) is 5.56 Å². The number of halogens is 1. The Bertz CT molecular complexity index is 330. The first kappa shape index (κ1) is 9.72. The van der Waals surface area contributed by atoms with Gasteiger partial charge in [0.15, 0.2) is 0 Å². The Morgan fingerprint density at radius 2 is 1.33 bits per heavy atom. The fourth-order valence-electron chi connectivity index (χ4n) is 3.36. The second kappa shape index (κ2) is 3.25. The molecule has 1 aromatic carbocycles. The largest absolute Gasteiger partial charge is 0.119 e. The maximum absolute atomic E-state index is 6.55. The molecule has 4 rings (SSSR count). The van der Waals surface area contributed by atoms with Gasteiger partial charge in [-0.3, -0.25) is 0 Å². The first-order valence-corrected chi connectivity index (χ1v) is 6.35. The molecule has 0 aliphatic heterocycles. The van der Waals surface area contributed by atoms with Crippen LogP contribution in [0.1, 0.15) is 44.1 Å². The molecule has 0 heterocycles. The Labute approximate surface area is 96.6 Å². The fraction of sp³-hybridized carbons (Fsp3) is 0.571. The van der Waals surface area contributed by atoms with Crippen molar-refractivity contribution in [2.75, 3.05) is 0 Å². The van der Waals surface area contributed by atoms with Gasteiger partial charge in [-0.2, -0.15) is 0 Å². The van der Waals surface area contributed by atoms with Crippen LogP contribution in [0.5, 0.6) is 0 Å². The fourth-order valence-corrected chi connectivity index (χ4v) is 3.65. The monoisotopic (exact) mass is 220 g/mol. The maximum Gasteiger partial charge on any atom is 0.0447 e. The summed E-state index contributed by atoms with van der Waals surface area (Å²) in [5.41, 5.74) is 2.01. The van der Waals surface area contributed by atoms with E-state index in [-0.39, 0.29) is 4.87 Å². The molecular weight excluding hydrogens is 204 g/mol. The summed E-state index contributed by atoms with van der Waals surface area (Å²) < 4.78 is 0. The van der Waals surface area contributed by atoms with Gasteiger partial charge in [0.05, 0.1) is 0 Å². The highest BCUT2D eigenvalue weighted by Gasteiger charge is 2.48. The van der Waals surface area contributed by atoms with E-state index in [0.29, 0.717) is 5.41 Å². The van der Waals surface area contributed by atoms with E-state index in [2.05, 4.69) is 30.3 Å². The minimum atomic E-state index is 0.163. The van der Waals surface area contributed by atoms with Crippen LogP contribution in [0, 0.1) is 0 Å². The van der Waals surface area contributed by atoms with Crippen LogP contribution in [-0.4, -0.2) is 4.87 Å². The molecule has 3 saturated carbocycles. The summed E-state index contributed by atoms with van der Waals surface area (Å²) in [5, 5.41) is 0. The van der Waals surface area contributed by atoms with Crippen molar-refractivity contribution in [2.24, 2.45) is 0 Å². The Hall–Kier alpha value is -0.490. The van der Waals surface area contributed by atoms with Crippen LogP contribution < -0.4 is 0 Å². The summed E-state index contributed by atoms with van der Waals surface area (Å²) in [4.78, 5) is 0.163. The Balaban J connectivity index is 1.94. The molecule has 1 heteroatoms. The van der Waals surface area contributed by atoms with Gasteiger partial charge in [0.1, 0.15) is 0 Å². The summed E-state index contributed by atoms with van der Waals surface area (Å²) in [6.07, 6.45) is 7.51. The summed E-state index contributed by atoms with van der Waals surface area (Å²) in [7, 11) is 0. The predicted molar refractivity (Wildman–Crippen MR) is 64.4 cm³/mol. The summed E-state index contributed by atoms with van der Waals surface area (Å²) in [6, 6.07) is 11.0. The van der Waals surface area contributed by atoms with Gasteiger partial charge < -0.3 is 0 Å². The lowest BCUT2D eigenvalue weighted by atomic mass is 9.58. The lowest BCUT2D eigenvalue weighted by molar-refractivity contribution is 0.154. The van der Waals surface area contributed by atoms with Gasteiger partial charge in [0.25, 0.3) is 0 Å². The third kappa shape index (κ3) is 1.50. The van der Waals surface area contributed by atoms with Crippen molar-refractivity contribution in [3.05, 3.63) is 35.9 Å². The van der Waals surface area contributed by atoms with Crippen molar-refractivity contribution < 1.29 is 0 Å². The number of rotatable bonds is 1. The van der Waals surface area contributed by atoms with Crippen LogP contribution in [-0.2, 0) is 5.41 Å². The van der Waals surface area contributed by atoms with Gasteiger partial charge in [-0.15, -0.1) is 11.6 Å². The first-order valence-electron chi connectivity index (χ1n) is 5.97. The quantitative estimate of drug-likeness (QED) is 0.620. The van der Waals surface area contributed by atoms with Gasteiger partial charge in [0, 0.05) is 4.87 Å². The smallest absolute Gasteiger partial charge is 0.0447 e. The van der Waals surface area contributed by atoms with Crippen molar-refractivity contribution in [3.63, 3.8) is 0 Å². The SMILES string of the molecule is ClC12CCC(c3ccccc3)(CC1)CC2. The second-order valence-electron chi connectivity index (χ2n) is 5.30. The Morgan fingerprint density at radius 3 is 1.87 bits per heavy atom. The minimum Gasteiger partial charge on any atom is -0.119 e. The molecule has 3 aliphatic rings.